The molecule has 24 nitrogen and oxygen atoms in total. The van der Waals surface area contributed by atoms with Gasteiger partial charge >= 0.3 is 112 Å². The van der Waals surface area contributed by atoms with E-state index >= 15 is 0 Å². The Morgan fingerprint density at radius 3 is 0.462 bits per heavy atom. The molecule has 104 heavy (non-hydrogen) atoms. The standard InChI is InChI=1S/4C14H11N3.4CHF3O3S.4Ag/c4*1-3-7-12(8-4-1)14-11-15-16-17(14)13-9-5-2-6-10-13;4*2-1(3,4)8(5,6)7;;;;/h4*1-11H;4*(H,5,6,7);;;;/q;;;;;;;;4*+1/p-4. The average molecular weight is 1910 g/mol. The molecule has 0 aliphatic rings. The molecular formula is C60H44Ag4F12N12O12S4. The molecule has 12 aromatic rings. The third-order valence-corrected chi connectivity index (χ3v) is 13.9. The van der Waals surface area contributed by atoms with Crippen molar-refractivity contribution >= 4 is 40.5 Å². The molecule has 568 valence electrons. The summed E-state index contributed by atoms with van der Waals surface area (Å²) in [5.74, 6) is 0. The van der Waals surface area contributed by atoms with E-state index in [2.05, 4.69) is 89.8 Å². The molecule has 0 radical (unpaired) electrons. The molecule has 0 unspecified atom stereocenters. The molecule has 0 fully saturated rings. The van der Waals surface area contributed by atoms with Crippen LogP contribution in [0.1, 0.15) is 0 Å². The number of halogens is 12. The van der Waals surface area contributed by atoms with E-state index in [9.17, 15) is 52.7 Å². The molecule has 0 bridgehead atoms. The van der Waals surface area contributed by atoms with Gasteiger partial charge in [-0.3, -0.25) is 0 Å². The van der Waals surface area contributed by atoms with Crippen LogP contribution >= 0.6 is 0 Å². The molecule has 0 N–H and O–H groups in total. The minimum Gasteiger partial charge on any atom is -0.741 e. The first-order valence-corrected chi connectivity index (χ1v) is 32.6. The van der Waals surface area contributed by atoms with Crippen molar-refractivity contribution in [2.24, 2.45) is 0 Å². The minimum absolute atomic E-state index is 0. The number of nitrogens with zero attached hydrogens (tertiary/aromatic N) is 12. The number of para-hydroxylation sites is 4. The maximum Gasteiger partial charge on any atom is 1.00 e. The summed E-state index contributed by atoms with van der Waals surface area (Å²) in [6.45, 7) is 0. The molecule has 0 aliphatic carbocycles. The van der Waals surface area contributed by atoms with Gasteiger partial charge in [0.1, 0.15) is 0 Å². The molecule has 0 amide bonds. The molecule has 12 rings (SSSR count). The maximum atomic E-state index is 10.7. The third kappa shape index (κ3) is 30.3. The summed E-state index contributed by atoms with van der Waals surface area (Å²) in [5.41, 5.74) is -10.1. The molecule has 0 saturated carbocycles. The van der Waals surface area contributed by atoms with Gasteiger partial charge in [0.25, 0.3) is 0 Å². The molecule has 0 saturated heterocycles. The number of hydrogen-bond acceptors (Lipinski definition) is 20. The van der Waals surface area contributed by atoms with Crippen LogP contribution in [0.5, 0.6) is 0 Å². The number of alkyl halides is 12. The van der Waals surface area contributed by atoms with Gasteiger partial charge in [0.05, 0.1) is 70.3 Å². The monoisotopic (exact) mass is 1910 g/mol. The van der Waals surface area contributed by atoms with Gasteiger partial charge in [-0.1, -0.05) is 215 Å². The van der Waals surface area contributed by atoms with Crippen molar-refractivity contribution < 1.29 is 194 Å². The summed E-state index contributed by atoms with van der Waals surface area (Å²) in [6, 6.07) is 80.5. The Balaban J connectivity index is 0.000000606. The Morgan fingerprint density at radius 2 is 0.346 bits per heavy atom. The number of aromatic nitrogens is 12. The first-order valence-electron chi connectivity index (χ1n) is 26.9. The predicted molar refractivity (Wildman–Crippen MR) is 330 cm³/mol. The third-order valence-electron chi connectivity index (χ3n) is 11.6. The van der Waals surface area contributed by atoms with Crippen LogP contribution in [0.3, 0.4) is 0 Å². The summed E-state index contributed by atoms with van der Waals surface area (Å²) in [6.07, 6.45) is 7.12. The molecule has 44 heteroatoms. The Kier molecular flexibility index (Phi) is 38.8. The van der Waals surface area contributed by atoms with E-state index in [0.29, 0.717) is 0 Å². The van der Waals surface area contributed by atoms with Crippen LogP contribution < -0.4 is 0 Å². The summed E-state index contributed by atoms with van der Waals surface area (Å²) in [5, 5.41) is 32.5. The fraction of sp³-hybridized carbons (Fsp3) is 0.0667. The first-order chi connectivity index (χ1) is 46.8. The van der Waals surface area contributed by atoms with Crippen LogP contribution in [0.4, 0.5) is 52.7 Å². The fourth-order valence-electron chi connectivity index (χ4n) is 7.20. The van der Waals surface area contributed by atoms with Crippen LogP contribution in [0.25, 0.3) is 67.8 Å². The quantitative estimate of drug-likeness (QED) is 0.0590. The van der Waals surface area contributed by atoms with Crippen LogP contribution in [-0.4, -0.2) is 134 Å². The fourth-order valence-corrected chi connectivity index (χ4v) is 7.20. The zero-order valence-electron chi connectivity index (χ0n) is 51.0. The second-order valence-electron chi connectivity index (χ2n) is 18.5. The Hall–Kier alpha value is -7.92. The Bertz CT molecular complexity index is 4070. The number of benzene rings is 8. The molecule has 4 aromatic heterocycles. The Morgan fingerprint density at radius 1 is 0.231 bits per heavy atom. The van der Waals surface area contributed by atoms with Crippen LogP contribution in [0.15, 0.2) is 267 Å². The van der Waals surface area contributed by atoms with Crippen molar-refractivity contribution in [3.63, 3.8) is 0 Å². The summed E-state index contributed by atoms with van der Waals surface area (Å²) >= 11 is 0. The second kappa shape index (κ2) is 42.9. The van der Waals surface area contributed by atoms with Gasteiger partial charge in [0, 0.05) is 22.3 Å². The summed E-state index contributed by atoms with van der Waals surface area (Å²) < 4.78 is 243. The van der Waals surface area contributed by atoms with E-state index < -0.39 is 62.5 Å². The van der Waals surface area contributed by atoms with E-state index in [1.54, 1.807) is 24.8 Å². The van der Waals surface area contributed by atoms with Gasteiger partial charge in [0.15, 0.2) is 40.5 Å². The van der Waals surface area contributed by atoms with Crippen molar-refractivity contribution in [1.82, 2.24) is 60.0 Å². The average Bonchev–Trinajstić information content (AvgIpc) is 1.68. The molecule has 0 atom stereocenters. The van der Waals surface area contributed by atoms with Gasteiger partial charge < -0.3 is 18.2 Å². The predicted octanol–water partition coefficient (Wildman–Crippen LogP) is 11.9. The van der Waals surface area contributed by atoms with Crippen molar-refractivity contribution in [3.05, 3.63) is 267 Å². The van der Waals surface area contributed by atoms with Crippen molar-refractivity contribution in [2.45, 2.75) is 22.0 Å². The van der Waals surface area contributed by atoms with E-state index in [1.165, 1.54) is 0 Å². The number of hydrogen-bond donors (Lipinski definition) is 0. The van der Waals surface area contributed by atoms with E-state index in [0.717, 1.165) is 67.8 Å². The SMILES string of the molecule is O=S(=O)([O-])C(F)(F)F.O=S(=O)([O-])C(F)(F)F.O=S(=O)([O-])C(F)(F)F.O=S(=O)([O-])C(F)(F)F.[Ag+].[Ag+].[Ag+].[Ag+].c1ccc(-c2cnnn2-c2ccccc2)cc1.c1ccc(-c2cnnn2-c2ccccc2)cc1.c1ccc(-c2cnnn2-c2ccccc2)cc1.c1ccc(-c2cnnn2-c2ccccc2)cc1. The van der Waals surface area contributed by atoms with Gasteiger partial charge in [-0.2, -0.15) is 52.7 Å². The second-order valence-corrected chi connectivity index (χ2v) is 24.0. The molecule has 0 aliphatic heterocycles. The van der Waals surface area contributed by atoms with Crippen molar-refractivity contribution in [1.29, 1.82) is 0 Å². The van der Waals surface area contributed by atoms with Crippen molar-refractivity contribution in [3.8, 4) is 67.8 Å². The summed E-state index contributed by atoms with van der Waals surface area (Å²) in [4.78, 5) is 0. The minimum atomic E-state index is -6.09. The van der Waals surface area contributed by atoms with Crippen LogP contribution in [0, 0.1) is 0 Å². The van der Waals surface area contributed by atoms with E-state index in [1.807, 2.05) is 213 Å². The Labute approximate surface area is 646 Å². The molecule has 0 spiro atoms. The van der Waals surface area contributed by atoms with Gasteiger partial charge in [0.2, 0.25) is 0 Å². The molecule has 4 heterocycles. The van der Waals surface area contributed by atoms with Crippen LogP contribution in [-0.2, 0) is 130 Å². The zero-order chi connectivity index (χ0) is 74.0. The van der Waals surface area contributed by atoms with Gasteiger partial charge in [-0.15, -0.1) is 20.4 Å². The topological polar surface area (TPSA) is 352 Å². The maximum absolute atomic E-state index is 10.7. The molecular weight excluding hydrogens is 1870 g/mol. The van der Waals surface area contributed by atoms with E-state index in [-0.39, 0.29) is 89.5 Å². The molecule has 8 aromatic carbocycles. The summed E-state index contributed by atoms with van der Waals surface area (Å²) in [7, 11) is -24.4. The largest absolute Gasteiger partial charge is 1.00 e. The normalized spacial score (nSPS) is 11.1. The van der Waals surface area contributed by atoms with E-state index in [4.69, 9.17) is 51.9 Å². The van der Waals surface area contributed by atoms with Crippen LogP contribution in [0.2, 0.25) is 0 Å². The van der Waals surface area contributed by atoms with Gasteiger partial charge in [-0.05, 0) is 48.5 Å². The smallest absolute Gasteiger partial charge is 0.741 e. The van der Waals surface area contributed by atoms with Gasteiger partial charge in [-0.25, -0.2) is 52.4 Å². The first kappa shape index (κ1) is 94.1. The number of rotatable bonds is 8. The van der Waals surface area contributed by atoms with Crippen molar-refractivity contribution in [2.75, 3.05) is 0 Å². The zero-order valence-corrected chi connectivity index (χ0v) is 60.2.